The number of hydrogen-bond donors (Lipinski definition) is 0. The van der Waals surface area contributed by atoms with Crippen LogP contribution in [0.5, 0.6) is 0 Å². The number of ether oxygens (including phenoxy) is 2. The summed E-state index contributed by atoms with van der Waals surface area (Å²) >= 11 is 0. The highest BCUT2D eigenvalue weighted by Crippen LogP contribution is 2.50. The lowest BCUT2D eigenvalue weighted by molar-refractivity contribution is -0.176. The highest BCUT2D eigenvalue weighted by Gasteiger charge is 2.57. The minimum atomic E-state index is -2.28. The predicted molar refractivity (Wildman–Crippen MR) is 139 cm³/mol. The summed E-state index contributed by atoms with van der Waals surface area (Å²) in [4.78, 5) is 26.8. The average Bonchev–Trinajstić information content (AvgIpc) is 2.76. The van der Waals surface area contributed by atoms with Gasteiger partial charge in [-0.15, -0.1) is 24.7 Å². The summed E-state index contributed by atoms with van der Waals surface area (Å²) in [5.41, 5.74) is 0.303. The molecule has 1 aliphatic carbocycles. The van der Waals surface area contributed by atoms with Crippen LogP contribution in [0.2, 0.25) is 16.6 Å². The Kier molecular flexibility index (Phi) is 11.5. The third-order valence-corrected chi connectivity index (χ3v) is 13.2. The smallest absolute Gasteiger partial charge is 0.325 e. The van der Waals surface area contributed by atoms with Gasteiger partial charge in [-0.2, -0.15) is 0 Å². The molecule has 1 unspecified atom stereocenters. The summed E-state index contributed by atoms with van der Waals surface area (Å²) in [5.74, 6) is 4.33. The number of terminal acetylenes is 2. The van der Waals surface area contributed by atoms with Crippen molar-refractivity contribution < 1.29 is 23.5 Å². The summed E-state index contributed by atoms with van der Waals surface area (Å²) in [6.07, 6.45) is 13.8. The molecule has 0 radical (unpaired) electrons. The molecule has 1 aliphatic rings. The molecule has 5 nitrogen and oxygen atoms in total. The molecule has 0 aliphatic heterocycles. The van der Waals surface area contributed by atoms with Crippen molar-refractivity contribution in [2.45, 2.75) is 104 Å². The van der Waals surface area contributed by atoms with Gasteiger partial charge in [0.25, 0.3) is 8.32 Å². The lowest BCUT2D eigenvalue weighted by Crippen LogP contribution is -2.51. The molecule has 1 atom stereocenters. The average molecular weight is 489 g/mol. The molecule has 0 saturated heterocycles. The van der Waals surface area contributed by atoms with E-state index in [1.165, 1.54) is 0 Å². The molecular weight excluding hydrogens is 444 g/mol. The summed E-state index contributed by atoms with van der Waals surface area (Å²) in [6, 6.07) is 0. The van der Waals surface area contributed by atoms with E-state index in [4.69, 9.17) is 26.7 Å². The van der Waals surface area contributed by atoms with Crippen LogP contribution >= 0.6 is 0 Å². The van der Waals surface area contributed by atoms with Crippen LogP contribution in [0, 0.1) is 36.0 Å². The van der Waals surface area contributed by atoms with Gasteiger partial charge >= 0.3 is 11.9 Å². The Labute approximate surface area is 208 Å². The topological polar surface area (TPSA) is 61.8 Å². The van der Waals surface area contributed by atoms with E-state index >= 15 is 0 Å². The van der Waals surface area contributed by atoms with Crippen molar-refractivity contribution in [3.05, 3.63) is 11.3 Å². The lowest BCUT2D eigenvalue weighted by Gasteiger charge is -2.46. The van der Waals surface area contributed by atoms with Gasteiger partial charge in [-0.3, -0.25) is 9.59 Å². The third-order valence-electron chi connectivity index (χ3n) is 7.23. The third kappa shape index (κ3) is 5.72. The van der Waals surface area contributed by atoms with Gasteiger partial charge in [0, 0.05) is 25.2 Å². The van der Waals surface area contributed by atoms with Gasteiger partial charge in [-0.05, 0) is 48.9 Å². The number of hydrogen-bond acceptors (Lipinski definition) is 5. The zero-order valence-corrected chi connectivity index (χ0v) is 23.5. The first-order valence-electron chi connectivity index (χ1n) is 12.6. The Morgan fingerprint density at radius 2 is 1.47 bits per heavy atom. The number of esters is 2. The summed E-state index contributed by atoms with van der Waals surface area (Å²) in [7, 11) is -2.28. The van der Waals surface area contributed by atoms with Crippen LogP contribution in [-0.2, 0) is 23.5 Å². The van der Waals surface area contributed by atoms with Gasteiger partial charge in [-0.25, -0.2) is 0 Å². The van der Waals surface area contributed by atoms with Crippen molar-refractivity contribution in [3.8, 4) is 24.7 Å². The second-order valence-corrected chi connectivity index (χ2v) is 15.4. The first-order chi connectivity index (χ1) is 16.0. The number of rotatable bonds is 12. The van der Waals surface area contributed by atoms with Gasteiger partial charge in [-0.1, -0.05) is 41.5 Å². The van der Waals surface area contributed by atoms with E-state index in [1.54, 1.807) is 13.8 Å². The fourth-order valence-electron chi connectivity index (χ4n) is 5.87. The molecule has 0 N–H and O–H groups in total. The van der Waals surface area contributed by atoms with Crippen molar-refractivity contribution in [1.82, 2.24) is 0 Å². The Bertz CT molecular complexity index is 785. The number of carbonyl (C=O) groups excluding carboxylic acids is 2. The summed E-state index contributed by atoms with van der Waals surface area (Å²) in [6.45, 7) is 17.1. The highest BCUT2D eigenvalue weighted by atomic mass is 28.4. The zero-order chi connectivity index (χ0) is 26.1. The highest BCUT2D eigenvalue weighted by molar-refractivity contribution is 6.77. The minimum Gasteiger partial charge on any atom is -0.546 e. The molecule has 190 valence electrons. The van der Waals surface area contributed by atoms with Gasteiger partial charge in [0.15, 0.2) is 5.41 Å². The van der Waals surface area contributed by atoms with Crippen molar-refractivity contribution in [2.24, 2.45) is 11.3 Å². The van der Waals surface area contributed by atoms with E-state index in [1.807, 2.05) is 0 Å². The molecule has 1 rings (SSSR count). The molecule has 0 heterocycles. The van der Waals surface area contributed by atoms with Gasteiger partial charge < -0.3 is 13.9 Å². The summed E-state index contributed by atoms with van der Waals surface area (Å²) < 4.78 is 17.9. The Morgan fingerprint density at radius 3 is 1.85 bits per heavy atom. The van der Waals surface area contributed by atoms with Crippen LogP contribution in [0.1, 0.15) is 87.5 Å². The number of carbonyl (C=O) groups is 2. The van der Waals surface area contributed by atoms with E-state index in [0.717, 1.165) is 24.2 Å². The SMILES string of the molecule is C#CCC1=C(O[Si](C(C)C)(C(C)C)C(C)C)CCCC1C(CC#C)(C(=O)OCC)C(=O)OCC. The number of allylic oxidation sites excluding steroid dienone is 2. The Morgan fingerprint density at radius 1 is 0.971 bits per heavy atom. The standard InChI is InChI=1S/C28H44O5Si/c1-11-16-23-24(28(19-12-2,26(29)31-13-3)27(30)32-14-4)17-15-18-25(23)33-34(20(5)6,21(7)8)22(9)10/h1-2,20-22,24H,13-19H2,3-10H3. The quantitative estimate of drug-likeness (QED) is 0.138. The van der Waals surface area contributed by atoms with Crippen LogP contribution in [0.4, 0.5) is 0 Å². The molecular formula is C28H44O5Si. The normalized spacial score (nSPS) is 16.9. The van der Waals surface area contributed by atoms with Crippen molar-refractivity contribution in [3.63, 3.8) is 0 Å². The van der Waals surface area contributed by atoms with Crippen molar-refractivity contribution in [2.75, 3.05) is 13.2 Å². The van der Waals surface area contributed by atoms with Crippen molar-refractivity contribution >= 4 is 20.3 Å². The van der Waals surface area contributed by atoms with Crippen LogP contribution in [-0.4, -0.2) is 33.5 Å². The Balaban J connectivity index is 3.85. The largest absolute Gasteiger partial charge is 0.546 e. The van der Waals surface area contributed by atoms with Gasteiger partial charge in [0.05, 0.1) is 19.0 Å². The maximum Gasteiger partial charge on any atom is 0.325 e. The molecule has 0 bridgehead atoms. The van der Waals surface area contributed by atoms with Crippen LogP contribution < -0.4 is 0 Å². The molecule has 0 saturated carbocycles. The summed E-state index contributed by atoms with van der Waals surface area (Å²) in [5, 5.41) is 0. The van der Waals surface area contributed by atoms with E-state index in [9.17, 15) is 9.59 Å². The fourth-order valence-corrected chi connectivity index (χ4v) is 11.2. The Hall–Kier alpha value is -2.18. The molecule has 0 aromatic heterocycles. The van der Waals surface area contributed by atoms with E-state index in [-0.39, 0.29) is 26.1 Å². The molecule has 34 heavy (non-hydrogen) atoms. The lowest BCUT2D eigenvalue weighted by atomic mass is 9.64. The molecule has 6 heteroatoms. The fraction of sp³-hybridized carbons (Fsp3) is 0.714. The van der Waals surface area contributed by atoms with Crippen molar-refractivity contribution in [1.29, 1.82) is 0 Å². The van der Waals surface area contributed by atoms with Gasteiger partial charge in [0.1, 0.15) is 0 Å². The second-order valence-electron chi connectivity index (χ2n) is 9.99. The van der Waals surface area contributed by atoms with Crippen LogP contribution in [0.3, 0.4) is 0 Å². The van der Waals surface area contributed by atoms with E-state index in [0.29, 0.717) is 23.0 Å². The monoisotopic (exact) mass is 488 g/mol. The molecule has 0 aromatic carbocycles. The van der Waals surface area contributed by atoms with E-state index in [2.05, 4.69) is 53.4 Å². The van der Waals surface area contributed by atoms with Crippen LogP contribution in [0.15, 0.2) is 11.3 Å². The zero-order valence-electron chi connectivity index (χ0n) is 22.5. The minimum absolute atomic E-state index is 0.113. The maximum atomic E-state index is 13.4. The van der Waals surface area contributed by atoms with Crippen LogP contribution in [0.25, 0.3) is 0 Å². The molecule has 0 fully saturated rings. The second kappa shape index (κ2) is 13.1. The molecule has 0 aromatic rings. The maximum absolute atomic E-state index is 13.4. The van der Waals surface area contributed by atoms with Gasteiger partial charge in [0.2, 0.25) is 0 Å². The molecule has 0 spiro atoms. The molecule has 0 amide bonds. The first-order valence-corrected chi connectivity index (χ1v) is 14.8. The first kappa shape index (κ1) is 29.8. The predicted octanol–water partition coefficient (Wildman–Crippen LogP) is 6.39. The van der Waals surface area contributed by atoms with E-state index < -0.39 is 31.6 Å².